The summed E-state index contributed by atoms with van der Waals surface area (Å²) in [5.74, 6) is 0.550. The van der Waals surface area contributed by atoms with E-state index >= 15 is 0 Å². The maximum absolute atomic E-state index is 12.6. The normalized spacial score (nSPS) is 12.0. The van der Waals surface area contributed by atoms with E-state index in [-0.39, 0.29) is 6.54 Å². The van der Waals surface area contributed by atoms with Crippen LogP contribution in [0.5, 0.6) is 0 Å². The van der Waals surface area contributed by atoms with Gasteiger partial charge < -0.3 is 0 Å². The summed E-state index contributed by atoms with van der Waals surface area (Å²) in [4.78, 5) is 4.63. The zero-order valence-electron chi connectivity index (χ0n) is 15.0. The number of rotatable bonds is 7. The van der Waals surface area contributed by atoms with Crippen molar-refractivity contribution >= 4 is 32.7 Å². The topological polar surface area (TPSA) is 59.1 Å². The highest BCUT2D eigenvalue weighted by molar-refractivity contribution is 7.91. The molecule has 0 atom stereocenters. The first kappa shape index (κ1) is 19.2. The molecule has 0 saturated carbocycles. The van der Waals surface area contributed by atoms with Gasteiger partial charge in [0, 0.05) is 22.9 Å². The lowest BCUT2D eigenvalue weighted by molar-refractivity contribution is 0.583. The first-order chi connectivity index (χ1) is 12.3. The van der Waals surface area contributed by atoms with E-state index < -0.39 is 10.0 Å². The molecule has 0 aliphatic rings. The lowest BCUT2D eigenvalue weighted by Gasteiger charge is -2.07. The summed E-state index contributed by atoms with van der Waals surface area (Å²) in [6.45, 7) is 6.59. The molecule has 1 N–H and O–H groups in total. The summed E-state index contributed by atoms with van der Waals surface area (Å²) in [6.07, 6.45) is 0.934. The van der Waals surface area contributed by atoms with Crippen molar-refractivity contribution in [1.29, 1.82) is 0 Å². The molecule has 3 rings (SSSR count). The van der Waals surface area contributed by atoms with E-state index in [9.17, 15) is 8.42 Å². The van der Waals surface area contributed by atoms with Crippen LogP contribution < -0.4 is 4.72 Å². The maximum Gasteiger partial charge on any atom is 0.250 e. The van der Waals surface area contributed by atoms with Crippen molar-refractivity contribution in [1.82, 2.24) is 9.71 Å². The molecule has 2 aromatic heterocycles. The van der Waals surface area contributed by atoms with Crippen LogP contribution in [0.2, 0.25) is 0 Å². The number of sulfonamides is 1. The van der Waals surface area contributed by atoms with Gasteiger partial charge in [0.25, 0.3) is 0 Å². The number of hydrogen-bond acceptors (Lipinski definition) is 5. The van der Waals surface area contributed by atoms with Crippen molar-refractivity contribution in [2.24, 2.45) is 5.92 Å². The van der Waals surface area contributed by atoms with E-state index in [1.54, 1.807) is 17.4 Å². The van der Waals surface area contributed by atoms with Crippen LogP contribution in [0.15, 0.2) is 45.3 Å². The molecule has 138 valence electrons. The zero-order valence-corrected chi connectivity index (χ0v) is 17.5. The molecule has 0 amide bonds. The van der Waals surface area contributed by atoms with Gasteiger partial charge in [-0.1, -0.05) is 38.1 Å². The van der Waals surface area contributed by atoms with Gasteiger partial charge in [0.2, 0.25) is 10.0 Å². The number of aromatic nitrogens is 1. The summed E-state index contributed by atoms with van der Waals surface area (Å²) in [6, 6.07) is 9.48. The van der Waals surface area contributed by atoms with Crippen molar-refractivity contribution in [2.45, 2.75) is 37.9 Å². The summed E-state index contributed by atoms with van der Waals surface area (Å²) < 4.78 is 28.2. The number of nitrogens with one attached hydrogen (secondary N) is 1. The van der Waals surface area contributed by atoms with Gasteiger partial charge in [0.1, 0.15) is 9.22 Å². The van der Waals surface area contributed by atoms with Crippen molar-refractivity contribution in [3.05, 3.63) is 57.9 Å². The number of benzene rings is 1. The van der Waals surface area contributed by atoms with Crippen molar-refractivity contribution in [3.8, 4) is 10.6 Å². The largest absolute Gasteiger partial charge is 0.250 e. The fourth-order valence-corrected chi connectivity index (χ4v) is 5.68. The second-order valence-electron chi connectivity index (χ2n) is 6.65. The smallest absolute Gasteiger partial charge is 0.241 e. The van der Waals surface area contributed by atoms with E-state index in [1.165, 1.54) is 11.3 Å². The Morgan fingerprint density at radius 1 is 1.15 bits per heavy atom. The highest BCUT2D eigenvalue weighted by atomic mass is 32.2. The summed E-state index contributed by atoms with van der Waals surface area (Å²) in [7, 11) is -3.53. The number of hydrogen-bond donors (Lipinski definition) is 1. The third-order valence-corrected chi connectivity index (χ3v) is 7.75. The average molecular weight is 407 g/mol. The Labute approximate surface area is 163 Å². The predicted molar refractivity (Wildman–Crippen MR) is 109 cm³/mol. The maximum atomic E-state index is 12.6. The van der Waals surface area contributed by atoms with Gasteiger partial charge in [-0.15, -0.1) is 22.7 Å². The molecule has 26 heavy (non-hydrogen) atoms. The van der Waals surface area contributed by atoms with Crippen LogP contribution in [0.3, 0.4) is 0 Å². The number of nitrogens with zero attached hydrogens (tertiary/aromatic N) is 1. The first-order valence-electron chi connectivity index (χ1n) is 8.42. The second kappa shape index (κ2) is 8.00. The highest BCUT2D eigenvalue weighted by Crippen LogP contribution is 2.31. The Morgan fingerprint density at radius 3 is 2.65 bits per heavy atom. The van der Waals surface area contributed by atoms with E-state index in [0.29, 0.717) is 10.1 Å². The molecule has 7 heteroatoms. The SMILES string of the molecule is Cc1ccccc1CNS(=O)(=O)c1cc(-c2nc(CC(C)C)cs2)cs1. The highest BCUT2D eigenvalue weighted by Gasteiger charge is 2.18. The van der Waals surface area contributed by atoms with Crippen LogP contribution in [0, 0.1) is 12.8 Å². The number of thiazole rings is 1. The minimum Gasteiger partial charge on any atom is -0.241 e. The molecule has 3 aromatic rings. The third-order valence-electron chi connectivity index (χ3n) is 3.97. The number of thiophene rings is 1. The predicted octanol–water partition coefficient (Wildman–Crippen LogP) is 4.86. The van der Waals surface area contributed by atoms with Crippen molar-refractivity contribution in [3.63, 3.8) is 0 Å². The lowest BCUT2D eigenvalue weighted by Crippen LogP contribution is -2.22. The van der Waals surface area contributed by atoms with Crippen LogP contribution >= 0.6 is 22.7 Å². The van der Waals surface area contributed by atoms with Gasteiger partial charge in [-0.3, -0.25) is 0 Å². The first-order valence-corrected chi connectivity index (χ1v) is 11.7. The van der Waals surface area contributed by atoms with Crippen LogP contribution in [0.1, 0.15) is 30.7 Å². The van der Waals surface area contributed by atoms with E-state index in [0.717, 1.165) is 33.8 Å². The van der Waals surface area contributed by atoms with Gasteiger partial charge in [0.05, 0.1) is 5.69 Å². The molecule has 0 fully saturated rings. The molecule has 0 unspecified atom stereocenters. The molecule has 0 radical (unpaired) electrons. The Balaban J connectivity index is 1.73. The minimum atomic E-state index is -3.53. The zero-order chi connectivity index (χ0) is 18.7. The standard InChI is InChI=1S/C19H22N2O2S3/c1-13(2)8-17-12-25-19(21-17)16-9-18(24-11-16)26(22,23)20-10-15-7-5-4-6-14(15)3/h4-7,9,11-13,20H,8,10H2,1-3H3. The van der Waals surface area contributed by atoms with Gasteiger partial charge in [-0.2, -0.15) is 0 Å². The van der Waals surface area contributed by atoms with Crippen LogP contribution in [-0.2, 0) is 23.0 Å². The van der Waals surface area contributed by atoms with Gasteiger partial charge in [-0.05, 0) is 36.5 Å². The monoisotopic (exact) mass is 406 g/mol. The van der Waals surface area contributed by atoms with Crippen LogP contribution in [0.25, 0.3) is 10.6 Å². The molecule has 4 nitrogen and oxygen atoms in total. The van der Waals surface area contributed by atoms with E-state index in [2.05, 4.69) is 28.9 Å². The van der Waals surface area contributed by atoms with Crippen LogP contribution in [0.4, 0.5) is 0 Å². The molecule has 0 aliphatic carbocycles. The van der Waals surface area contributed by atoms with E-state index in [4.69, 9.17) is 0 Å². The van der Waals surface area contributed by atoms with Gasteiger partial charge in [0.15, 0.2) is 0 Å². The molecular weight excluding hydrogens is 384 g/mol. The van der Waals surface area contributed by atoms with Gasteiger partial charge in [-0.25, -0.2) is 18.1 Å². The quantitative estimate of drug-likeness (QED) is 0.610. The molecule has 2 heterocycles. The Bertz CT molecular complexity index is 988. The van der Waals surface area contributed by atoms with Crippen LogP contribution in [-0.4, -0.2) is 13.4 Å². The Morgan fingerprint density at radius 2 is 1.92 bits per heavy atom. The fraction of sp³-hybridized carbons (Fsp3) is 0.316. The van der Waals surface area contributed by atoms with Crippen molar-refractivity contribution < 1.29 is 8.42 Å². The van der Waals surface area contributed by atoms with E-state index in [1.807, 2.05) is 36.6 Å². The number of aryl methyl sites for hydroxylation is 1. The fourth-order valence-electron chi connectivity index (χ4n) is 2.57. The summed E-state index contributed by atoms with van der Waals surface area (Å²) in [5, 5.41) is 4.79. The molecule has 0 bridgehead atoms. The Hall–Kier alpha value is -1.54. The Kier molecular flexibility index (Phi) is 5.92. The average Bonchev–Trinajstić information content (AvgIpc) is 3.23. The summed E-state index contributed by atoms with van der Waals surface area (Å²) in [5.41, 5.74) is 3.98. The molecule has 0 saturated heterocycles. The summed E-state index contributed by atoms with van der Waals surface area (Å²) >= 11 is 2.79. The van der Waals surface area contributed by atoms with Crippen molar-refractivity contribution in [2.75, 3.05) is 0 Å². The van der Waals surface area contributed by atoms with Gasteiger partial charge >= 0.3 is 0 Å². The molecule has 1 aromatic carbocycles. The second-order valence-corrected chi connectivity index (χ2v) is 10.4. The molecule has 0 spiro atoms. The lowest BCUT2D eigenvalue weighted by atomic mass is 10.1. The third kappa shape index (κ3) is 4.59. The molecular formula is C19H22N2O2S3. The minimum absolute atomic E-state index is 0.290. The molecule has 0 aliphatic heterocycles.